The van der Waals surface area contributed by atoms with Gasteiger partial charge in [-0.2, -0.15) is 0 Å². The van der Waals surface area contributed by atoms with Crippen LogP contribution in [0.4, 0.5) is 0 Å². The van der Waals surface area contributed by atoms with Crippen molar-refractivity contribution < 1.29 is 42.5 Å². The Kier molecular flexibility index (Phi) is 3.85. The minimum atomic E-state index is -4.19. The maximum absolute atomic E-state index is 10.8. The topological polar surface area (TPSA) is 57.2 Å². The number of hydrogen-bond acceptors (Lipinski definition) is 3. The second kappa shape index (κ2) is 4.38. The molecule has 0 fully saturated rings. The summed E-state index contributed by atoms with van der Waals surface area (Å²) >= 11 is 0. The van der Waals surface area contributed by atoms with Gasteiger partial charge in [0, 0.05) is 4.90 Å². The predicted molar refractivity (Wildman–Crippen MR) is 52.4 cm³/mol. The van der Waals surface area contributed by atoms with E-state index in [1.807, 2.05) is 6.07 Å². The average molecular weight is 238 g/mol. The fourth-order valence-corrected chi connectivity index (χ4v) is 4.59. The van der Waals surface area contributed by atoms with Crippen LogP contribution in [0.2, 0.25) is 0 Å². The first-order valence-electron chi connectivity index (χ1n) is 3.61. The summed E-state index contributed by atoms with van der Waals surface area (Å²) in [5.74, 6) is 0. The molecule has 1 aliphatic rings. The predicted octanol–water partition coefficient (Wildman–Crippen LogP) is -1.50. The number of hydrogen-bond donors (Lipinski definition) is 1. The molecule has 3 nitrogen and oxygen atoms in total. The molecular formula is C8H7NaO3S2. The van der Waals surface area contributed by atoms with Crippen LogP contribution >= 0.6 is 9.93 Å². The third-order valence-corrected chi connectivity index (χ3v) is 5.99. The van der Waals surface area contributed by atoms with Crippen molar-refractivity contribution in [1.82, 2.24) is 0 Å². The van der Waals surface area contributed by atoms with E-state index < -0.39 is 19.1 Å². The zero-order valence-electron chi connectivity index (χ0n) is 7.54. The molecule has 70 valence electrons. The summed E-state index contributed by atoms with van der Waals surface area (Å²) in [6, 6.07) is 7.06. The summed E-state index contributed by atoms with van der Waals surface area (Å²) in [7, 11) is -5.85. The first-order chi connectivity index (χ1) is 6.09. The van der Waals surface area contributed by atoms with Gasteiger partial charge in [-0.1, -0.05) is 18.2 Å². The Morgan fingerprint density at radius 2 is 1.86 bits per heavy atom. The Balaban J connectivity index is 0.000000980. The van der Waals surface area contributed by atoms with E-state index in [9.17, 15) is 13.0 Å². The maximum Gasteiger partial charge on any atom is 1.00 e. The summed E-state index contributed by atoms with van der Waals surface area (Å²) in [5, 5.41) is 1.49. The zero-order chi connectivity index (χ0) is 9.47. The van der Waals surface area contributed by atoms with Crippen LogP contribution < -0.4 is 29.6 Å². The Morgan fingerprint density at radius 3 is 2.50 bits per heavy atom. The van der Waals surface area contributed by atoms with E-state index in [4.69, 9.17) is 0 Å². The van der Waals surface area contributed by atoms with E-state index in [1.54, 1.807) is 24.3 Å². The SMILES string of the molecule is O=S(=O)([O-])[SH]1C=Cc2ccccc21.[Na+]. The van der Waals surface area contributed by atoms with Gasteiger partial charge in [0.05, 0.1) is 0 Å². The van der Waals surface area contributed by atoms with Gasteiger partial charge in [-0.05, 0) is 23.1 Å². The van der Waals surface area contributed by atoms with Crippen LogP contribution in [-0.4, -0.2) is 13.0 Å². The zero-order valence-corrected chi connectivity index (χ0v) is 11.3. The van der Waals surface area contributed by atoms with Crippen LogP contribution in [0.15, 0.2) is 34.6 Å². The second-order valence-corrected chi connectivity index (χ2v) is 7.44. The quantitative estimate of drug-likeness (QED) is 0.280. The summed E-state index contributed by atoms with van der Waals surface area (Å²) in [6.45, 7) is 0. The van der Waals surface area contributed by atoms with Crippen molar-refractivity contribution in [2.45, 2.75) is 4.90 Å². The van der Waals surface area contributed by atoms with E-state index >= 15 is 0 Å². The molecule has 0 N–H and O–H groups in total. The van der Waals surface area contributed by atoms with Gasteiger partial charge < -0.3 is 4.55 Å². The van der Waals surface area contributed by atoms with Crippen molar-refractivity contribution in [1.29, 1.82) is 0 Å². The first kappa shape index (κ1) is 12.3. The van der Waals surface area contributed by atoms with Gasteiger partial charge in [0.25, 0.3) is 0 Å². The minimum absolute atomic E-state index is 0. The number of fused-ring (bicyclic) bond motifs is 1. The Hall–Kier alpha value is 0.220. The fourth-order valence-electron chi connectivity index (χ4n) is 1.25. The molecule has 2 rings (SSSR count). The molecular weight excluding hydrogens is 231 g/mol. The molecule has 0 bridgehead atoms. The average Bonchev–Trinajstić information content (AvgIpc) is 2.45. The second-order valence-electron chi connectivity index (χ2n) is 2.63. The van der Waals surface area contributed by atoms with E-state index in [0.29, 0.717) is 4.90 Å². The van der Waals surface area contributed by atoms with E-state index in [2.05, 4.69) is 0 Å². The van der Waals surface area contributed by atoms with Gasteiger partial charge in [0.2, 0.25) is 0 Å². The Bertz CT molecular complexity index is 467. The van der Waals surface area contributed by atoms with Gasteiger partial charge in [0.1, 0.15) is 9.15 Å². The Morgan fingerprint density at radius 1 is 1.21 bits per heavy atom. The van der Waals surface area contributed by atoms with Crippen LogP contribution in [-0.2, 0) is 9.15 Å². The molecule has 14 heavy (non-hydrogen) atoms. The smallest absolute Gasteiger partial charge is 0.740 e. The van der Waals surface area contributed by atoms with Crippen molar-refractivity contribution in [2.75, 3.05) is 0 Å². The van der Waals surface area contributed by atoms with Crippen LogP contribution in [0.3, 0.4) is 0 Å². The van der Waals surface area contributed by atoms with Crippen molar-refractivity contribution in [3.63, 3.8) is 0 Å². The van der Waals surface area contributed by atoms with Crippen molar-refractivity contribution >= 4 is 25.2 Å². The molecule has 0 spiro atoms. The third-order valence-electron chi connectivity index (χ3n) is 1.80. The number of rotatable bonds is 1. The molecule has 0 amide bonds. The van der Waals surface area contributed by atoms with Crippen LogP contribution in [0, 0.1) is 0 Å². The molecule has 1 heterocycles. The molecule has 0 saturated heterocycles. The van der Waals surface area contributed by atoms with Gasteiger partial charge in [-0.25, -0.2) is 8.42 Å². The molecule has 0 radical (unpaired) electrons. The van der Waals surface area contributed by atoms with Crippen molar-refractivity contribution in [3.05, 3.63) is 35.2 Å². The van der Waals surface area contributed by atoms with E-state index in [1.165, 1.54) is 5.41 Å². The standard InChI is InChI=1S/C8H8O3S2.Na/c9-13(10,11)12-6-5-7-3-1-2-4-8(7)12;/h1-6,12H,(H,9,10,11);/q;+1/p-1. The van der Waals surface area contributed by atoms with Crippen molar-refractivity contribution in [3.8, 4) is 0 Å². The molecule has 1 unspecified atom stereocenters. The number of thiol groups is 1. The summed E-state index contributed by atoms with van der Waals surface area (Å²) in [5.41, 5.74) is 0.841. The van der Waals surface area contributed by atoms with E-state index in [-0.39, 0.29) is 29.6 Å². The normalized spacial score (nSPS) is 21.4. The van der Waals surface area contributed by atoms with Crippen molar-refractivity contribution in [2.24, 2.45) is 0 Å². The largest absolute Gasteiger partial charge is 1.00 e. The molecule has 1 aromatic carbocycles. The van der Waals surface area contributed by atoms with Crippen LogP contribution in [0.25, 0.3) is 6.08 Å². The molecule has 0 saturated carbocycles. The maximum atomic E-state index is 10.8. The van der Waals surface area contributed by atoms with E-state index in [0.717, 1.165) is 5.56 Å². The van der Waals surface area contributed by atoms with Gasteiger partial charge in [-0.3, -0.25) is 0 Å². The van der Waals surface area contributed by atoms with Crippen LogP contribution in [0.1, 0.15) is 5.56 Å². The third kappa shape index (κ3) is 2.24. The number of benzene rings is 1. The van der Waals surface area contributed by atoms with Gasteiger partial charge in [-0.15, -0.1) is 9.93 Å². The summed E-state index contributed by atoms with van der Waals surface area (Å²) in [4.78, 5) is 0.646. The van der Waals surface area contributed by atoms with Gasteiger partial charge in [0.15, 0.2) is 0 Å². The summed E-state index contributed by atoms with van der Waals surface area (Å²) < 4.78 is 32.5. The monoisotopic (exact) mass is 238 g/mol. The fraction of sp³-hybridized carbons (Fsp3) is 0. The van der Waals surface area contributed by atoms with Gasteiger partial charge >= 0.3 is 29.6 Å². The van der Waals surface area contributed by atoms with Crippen LogP contribution in [0.5, 0.6) is 0 Å². The molecule has 1 atom stereocenters. The minimum Gasteiger partial charge on any atom is -0.740 e. The summed E-state index contributed by atoms with van der Waals surface area (Å²) in [6.07, 6.45) is 1.69. The molecule has 1 aliphatic heterocycles. The first-order valence-corrected chi connectivity index (χ1v) is 7.04. The Labute approximate surface area is 107 Å². The molecule has 0 aromatic heterocycles. The molecule has 6 heteroatoms. The molecule has 0 aliphatic carbocycles. The molecule has 1 aromatic rings.